The van der Waals surface area contributed by atoms with E-state index < -0.39 is 5.97 Å². The van der Waals surface area contributed by atoms with Crippen LogP contribution in [0.25, 0.3) is 0 Å². The molecule has 0 aliphatic carbocycles. The highest BCUT2D eigenvalue weighted by molar-refractivity contribution is 8.00. The van der Waals surface area contributed by atoms with Crippen LogP contribution >= 0.6 is 35.0 Å². The molecule has 2 N–H and O–H groups in total. The Morgan fingerprint density at radius 3 is 2.59 bits per heavy atom. The average molecular weight is 519 g/mol. The van der Waals surface area contributed by atoms with Gasteiger partial charge in [0.25, 0.3) is 0 Å². The van der Waals surface area contributed by atoms with Gasteiger partial charge < -0.3 is 14.6 Å². The number of rotatable bonds is 10. The minimum atomic E-state index is -1.02. The van der Waals surface area contributed by atoms with Crippen molar-refractivity contribution in [3.05, 3.63) is 87.4 Å². The molecule has 0 aromatic heterocycles. The summed E-state index contributed by atoms with van der Waals surface area (Å²) in [5, 5.41) is 14.0. The van der Waals surface area contributed by atoms with Gasteiger partial charge in [0.05, 0.1) is 29.7 Å². The van der Waals surface area contributed by atoms with Crippen LogP contribution in [0.3, 0.4) is 0 Å². The largest absolute Gasteiger partial charge is 0.493 e. The third-order valence-electron chi connectivity index (χ3n) is 4.40. The number of thioether (sulfide) groups is 1. The second kappa shape index (κ2) is 12.3. The molecule has 10 heteroatoms. The van der Waals surface area contributed by atoms with E-state index in [9.17, 15) is 9.59 Å². The van der Waals surface area contributed by atoms with E-state index in [1.54, 1.807) is 36.4 Å². The number of hydrogen-bond acceptors (Lipinski definition) is 6. The van der Waals surface area contributed by atoms with Gasteiger partial charge in [-0.1, -0.05) is 35.3 Å². The molecule has 0 heterocycles. The quantitative estimate of drug-likeness (QED) is 0.208. The summed E-state index contributed by atoms with van der Waals surface area (Å²) >= 11 is 13.6. The van der Waals surface area contributed by atoms with E-state index in [4.69, 9.17) is 37.8 Å². The smallest absolute Gasteiger partial charge is 0.335 e. The number of hydrazone groups is 1. The van der Waals surface area contributed by atoms with Crippen molar-refractivity contribution in [3.63, 3.8) is 0 Å². The van der Waals surface area contributed by atoms with Gasteiger partial charge in [-0.15, -0.1) is 11.8 Å². The number of hydrogen-bond donors (Lipinski definition) is 2. The van der Waals surface area contributed by atoms with Gasteiger partial charge in [-0.25, -0.2) is 10.2 Å². The third kappa shape index (κ3) is 7.41. The maximum absolute atomic E-state index is 12.0. The van der Waals surface area contributed by atoms with Crippen LogP contribution in [-0.2, 0) is 11.4 Å². The predicted molar refractivity (Wildman–Crippen MR) is 134 cm³/mol. The van der Waals surface area contributed by atoms with Gasteiger partial charge in [-0.2, -0.15) is 5.10 Å². The van der Waals surface area contributed by atoms with E-state index in [0.29, 0.717) is 27.6 Å². The number of methoxy groups -OCH3 is 1. The van der Waals surface area contributed by atoms with Crippen LogP contribution in [0.1, 0.15) is 21.5 Å². The second-order valence-electron chi connectivity index (χ2n) is 6.86. The number of benzene rings is 3. The van der Waals surface area contributed by atoms with Gasteiger partial charge in [0.2, 0.25) is 5.91 Å². The fraction of sp³-hybridized carbons (Fsp3) is 0.125. The molecule has 0 fully saturated rings. The van der Waals surface area contributed by atoms with E-state index in [1.165, 1.54) is 37.2 Å². The summed E-state index contributed by atoms with van der Waals surface area (Å²) in [5.74, 6) is -0.410. The maximum Gasteiger partial charge on any atom is 0.335 e. The molecule has 0 spiro atoms. The van der Waals surface area contributed by atoms with E-state index in [1.807, 2.05) is 12.1 Å². The fourth-order valence-corrected chi connectivity index (χ4v) is 3.89. The molecule has 0 bridgehead atoms. The minimum Gasteiger partial charge on any atom is -0.493 e. The van der Waals surface area contributed by atoms with Crippen molar-refractivity contribution in [1.29, 1.82) is 0 Å². The molecule has 0 aliphatic rings. The van der Waals surface area contributed by atoms with Crippen LogP contribution in [0.2, 0.25) is 10.0 Å². The molecule has 0 saturated heterocycles. The SMILES string of the molecule is COc1cc(/C=N\NC(=O)CSc2ccc(Cl)cc2)cc(Cl)c1OCc1cccc(C(=O)O)c1. The van der Waals surface area contributed by atoms with Crippen LogP contribution in [0.15, 0.2) is 70.7 Å². The zero-order valence-corrected chi connectivity index (χ0v) is 20.3. The van der Waals surface area contributed by atoms with Crippen molar-refractivity contribution in [2.75, 3.05) is 12.9 Å². The number of carbonyl (C=O) groups is 2. The first-order chi connectivity index (χ1) is 16.4. The Balaban J connectivity index is 1.59. The molecule has 3 aromatic rings. The topological polar surface area (TPSA) is 97.2 Å². The molecule has 3 aromatic carbocycles. The lowest BCUT2D eigenvalue weighted by Crippen LogP contribution is -2.19. The monoisotopic (exact) mass is 518 g/mol. The lowest BCUT2D eigenvalue weighted by Gasteiger charge is -2.13. The molecule has 0 atom stereocenters. The van der Waals surface area contributed by atoms with Crippen LogP contribution in [0, 0.1) is 0 Å². The van der Waals surface area contributed by atoms with Gasteiger partial charge in [0.1, 0.15) is 6.61 Å². The van der Waals surface area contributed by atoms with Crippen LogP contribution in [-0.4, -0.2) is 36.1 Å². The fourth-order valence-electron chi connectivity index (χ4n) is 2.79. The van der Waals surface area contributed by atoms with Gasteiger partial charge in [-0.05, 0) is 59.7 Å². The number of carbonyl (C=O) groups excluding carboxylic acids is 1. The number of amides is 1. The van der Waals surface area contributed by atoms with Crippen molar-refractivity contribution in [3.8, 4) is 11.5 Å². The highest BCUT2D eigenvalue weighted by atomic mass is 35.5. The van der Waals surface area contributed by atoms with Gasteiger partial charge in [0, 0.05) is 9.92 Å². The normalized spacial score (nSPS) is 10.8. The number of aromatic carboxylic acids is 1. The highest BCUT2D eigenvalue weighted by Gasteiger charge is 2.13. The molecule has 3 rings (SSSR count). The lowest BCUT2D eigenvalue weighted by atomic mass is 10.1. The molecule has 176 valence electrons. The number of halogens is 2. The first-order valence-corrected chi connectivity index (χ1v) is 11.6. The molecule has 34 heavy (non-hydrogen) atoms. The Hall–Kier alpha value is -3.20. The van der Waals surface area contributed by atoms with E-state index in [2.05, 4.69) is 10.5 Å². The standard InChI is InChI=1S/C24H20Cl2N2O5S/c1-32-21-11-16(12-27-28-22(29)14-34-19-7-5-18(25)6-8-19)10-20(26)23(21)33-13-15-3-2-4-17(9-15)24(30)31/h2-12H,13-14H2,1H3,(H,28,29)(H,30,31)/b27-12-. The number of nitrogens with one attached hydrogen (secondary N) is 1. The molecule has 0 radical (unpaired) electrons. The molecule has 7 nitrogen and oxygen atoms in total. The van der Waals surface area contributed by atoms with Gasteiger partial charge >= 0.3 is 5.97 Å². The summed E-state index contributed by atoms with van der Waals surface area (Å²) in [7, 11) is 1.47. The molecular weight excluding hydrogens is 499 g/mol. The molecule has 1 amide bonds. The van der Waals surface area contributed by atoms with E-state index in [0.717, 1.165) is 4.90 Å². The first-order valence-electron chi connectivity index (χ1n) is 9.88. The third-order valence-corrected chi connectivity index (χ3v) is 5.94. The lowest BCUT2D eigenvalue weighted by molar-refractivity contribution is -0.118. The summed E-state index contributed by atoms with van der Waals surface area (Å²) in [4.78, 5) is 24.1. The van der Waals surface area contributed by atoms with Crippen molar-refractivity contribution < 1.29 is 24.2 Å². The van der Waals surface area contributed by atoms with Crippen molar-refractivity contribution in [2.45, 2.75) is 11.5 Å². The Kier molecular flexibility index (Phi) is 9.21. The highest BCUT2D eigenvalue weighted by Crippen LogP contribution is 2.36. The number of carboxylic acids is 1. The second-order valence-corrected chi connectivity index (χ2v) is 8.76. The summed E-state index contributed by atoms with van der Waals surface area (Å²) in [6.07, 6.45) is 1.44. The molecule has 0 unspecified atom stereocenters. The Morgan fingerprint density at radius 2 is 1.88 bits per heavy atom. The molecule has 0 aliphatic heterocycles. The summed E-state index contributed by atoms with van der Waals surface area (Å²) in [6.45, 7) is 0.103. The number of carboxylic acid groups (broad SMARTS) is 1. The van der Waals surface area contributed by atoms with Crippen molar-refractivity contribution >= 4 is 53.1 Å². The number of ether oxygens (including phenoxy) is 2. The molecular formula is C24H20Cl2N2O5S. The summed E-state index contributed by atoms with van der Waals surface area (Å²) in [6, 6.07) is 16.9. The Labute approximate surface area is 210 Å². The molecule has 0 saturated carbocycles. The van der Waals surface area contributed by atoms with Crippen LogP contribution < -0.4 is 14.9 Å². The first kappa shape index (κ1) is 25.4. The summed E-state index contributed by atoms with van der Waals surface area (Å²) in [5.41, 5.74) is 3.89. The van der Waals surface area contributed by atoms with Crippen LogP contribution in [0.4, 0.5) is 0 Å². The van der Waals surface area contributed by atoms with Gasteiger partial charge in [0.15, 0.2) is 11.5 Å². The predicted octanol–water partition coefficient (Wildman–Crippen LogP) is 5.52. The average Bonchev–Trinajstić information content (AvgIpc) is 2.83. The summed E-state index contributed by atoms with van der Waals surface area (Å²) < 4.78 is 11.2. The Bertz CT molecular complexity index is 1200. The minimum absolute atomic E-state index is 0.103. The van der Waals surface area contributed by atoms with Gasteiger partial charge in [-0.3, -0.25) is 4.79 Å². The van der Waals surface area contributed by atoms with Crippen LogP contribution in [0.5, 0.6) is 11.5 Å². The van der Waals surface area contributed by atoms with Crippen molar-refractivity contribution in [1.82, 2.24) is 5.43 Å². The Morgan fingerprint density at radius 1 is 1.12 bits per heavy atom. The van der Waals surface area contributed by atoms with E-state index >= 15 is 0 Å². The van der Waals surface area contributed by atoms with E-state index in [-0.39, 0.29) is 28.9 Å². The number of nitrogens with zero attached hydrogens (tertiary/aromatic N) is 1. The maximum atomic E-state index is 12.0. The van der Waals surface area contributed by atoms with Crippen molar-refractivity contribution in [2.24, 2.45) is 5.10 Å². The zero-order chi connectivity index (χ0) is 24.5. The zero-order valence-electron chi connectivity index (χ0n) is 18.0.